The molecule has 2 aromatic heterocycles. The van der Waals surface area contributed by atoms with Gasteiger partial charge in [0.25, 0.3) is 23.7 Å². The van der Waals surface area contributed by atoms with Crippen molar-refractivity contribution in [3.8, 4) is 12.1 Å². The molecule has 4 aromatic rings. The van der Waals surface area contributed by atoms with Gasteiger partial charge in [0.1, 0.15) is 24.2 Å². The molecule has 4 atom stereocenters. The number of pyridine rings is 2. The minimum absolute atomic E-state index is 0.00185. The molecule has 33 nitrogen and oxygen atoms in total. The van der Waals surface area contributed by atoms with Crippen molar-refractivity contribution in [3.05, 3.63) is 72.1 Å². The fraction of sp³-hybridized carbons (Fsp3) is 0.492. The number of fused-ring (bicyclic) bond motifs is 2. The van der Waals surface area contributed by atoms with Gasteiger partial charge in [-0.2, -0.15) is 10.5 Å². The van der Waals surface area contributed by atoms with E-state index >= 15 is 0 Å². The number of hydrogen-bond donors (Lipinski definition) is 11. The molecule has 102 heavy (non-hydrogen) atoms. The van der Waals surface area contributed by atoms with Crippen LogP contribution < -0.4 is 42.5 Å². The van der Waals surface area contributed by atoms with Crippen LogP contribution in [0.3, 0.4) is 0 Å². The van der Waals surface area contributed by atoms with E-state index in [1.807, 2.05) is 0 Å². The van der Waals surface area contributed by atoms with Crippen molar-refractivity contribution in [2.45, 2.75) is 107 Å². The number of anilines is 2. The first-order valence-corrected chi connectivity index (χ1v) is 32.5. The fourth-order valence-corrected chi connectivity index (χ4v) is 11.7. The van der Waals surface area contributed by atoms with E-state index in [1.165, 1.54) is 60.9 Å². The maximum absolute atomic E-state index is 14.0. The summed E-state index contributed by atoms with van der Waals surface area (Å²) < 4.78 is 55.9. The van der Waals surface area contributed by atoms with E-state index in [9.17, 15) is 106 Å². The highest BCUT2D eigenvalue weighted by Gasteiger charge is 2.48. The molecule has 0 spiro atoms. The van der Waals surface area contributed by atoms with Crippen LogP contribution in [-0.2, 0) is 52.7 Å². The zero-order chi connectivity index (χ0) is 74.3. The number of halogens is 4. The zero-order valence-electron chi connectivity index (χ0n) is 55.2. The van der Waals surface area contributed by atoms with E-state index in [1.54, 1.807) is 26.8 Å². The van der Waals surface area contributed by atoms with Crippen LogP contribution >= 0.6 is 0 Å². The Morgan fingerprint density at radius 2 is 0.971 bits per heavy atom. The third-order valence-corrected chi connectivity index (χ3v) is 16.9. The first kappa shape index (κ1) is 78.3. The van der Waals surface area contributed by atoms with Crippen molar-refractivity contribution in [1.29, 1.82) is 10.5 Å². The highest BCUT2D eigenvalue weighted by Crippen LogP contribution is 2.33. The van der Waals surface area contributed by atoms with Crippen LogP contribution in [0.15, 0.2) is 60.9 Å². The Labute approximate surface area is 580 Å². The molecule has 7 rings (SSSR count). The number of aliphatic carboxylic acids is 3. The molecule has 546 valence electrons. The summed E-state index contributed by atoms with van der Waals surface area (Å²) in [6.45, 7) is -3.40. The van der Waals surface area contributed by atoms with Gasteiger partial charge in [-0.1, -0.05) is 24.3 Å². The minimum atomic E-state index is -3.27. The van der Waals surface area contributed by atoms with Crippen molar-refractivity contribution in [3.63, 3.8) is 0 Å². The summed E-state index contributed by atoms with van der Waals surface area (Å²) in [5.74, 6) is -17.3. The maximum Gasteiger partial charge on any atom is 0.320 e. The van der Waals surface area contributed by atoms with Crippen LogP contribution in [0.2, 0.25) is 0 Å². The summed E-state index contributed by atoms with van der Waals surface area (Å²) in [6.07, 6.45) is -0.688. The Balaban J connectivity index is 0.908. The van der Waals surface area contributed by atoms with E-state index in [0.29, 0.717) is 9.80 Å². The van der Waals surface area contributed by atoms with Gasteiger partial charge in [-0.05, 0) is 49.9 Å². The number of carbonyl (C=O) groups excluding carboxylic acids is 10. The van der Waals surface area contributed by atoms with Crippen molar-refractivity contribution >= 4 is 110 Å². The van der Waals surface area contributed by atoms with Crippen LogP contribution in [0.25, 0.3) is 21.8 Å². The number of carboxylic acids is 3. The number of carboxylic acid groups (broad SMARTS) is 3. The van der Waals surface area contributed by atoms with Crippen LogP contribution in [-0.4, -0.2) is 261 Å². The molecule has 3 saturated heterocycles. The lowest BCUT2D eigenvalue weighted by Crippen LogP contribution is -2.48. The number of hydrogen-bond acceptors (Lipinski definition) is 20. The lowest BCUT2D eigenvalue weighted by molar-refractivity contribution is -0.145. The van der Waals surface area contributed by atoms with Crippen LogP contribution in [0.5, 0.6) is 0 Å². The minimum Gasteiger partial charge on any atom is -0.480 e. The SMILES string of the molecule is N#C[C@@H]1CC(F)(F)CN1C(=O)CNC(=O)c1ccnc2c(NC(=O)CCC(=O)NCCCCC(NC(=O)CCC(=O)Nc3cccc4c(C(=O)NCC(=O)N5CC(F)(F)C[C@H]5C#N)ccnc34)C(=O)NCCNC(=O)CCC(C(=O)O)N3CCN(CC(=O)O)CCN(CC(=O)O)CC3)cccc12. The standard InChI is InChI=1S/C65H77F4N17O16/c66-64(67)29-39(31-70)85(37-64)54(92)33-77-60(98)43-16-19-74-58-41(43)5-3-8-45(58)79-51(89)13-12-50(88)72-18-2-1-7-47(62(100)76-22-21-73-49(87)11-10-48(63(101)102)84-27-25-82(35-56(94)95)23-24-83(26-28-84)36-57(96)97)81-53(91)15-14-52(90)80-46-9-4-6-42-44(17-20-75-59(42)46)61(99)78-34-55(93)86-38-65(68,69)30-40(86)32-71/h3-6,8-9,16-17,19-20,39-40,47-48H,1-2,7,10-15,18,21-30,33-38H2,(H,72,88)(H,73,87)(H,76,100)(H,77,98)(H,78,99)(H,79,89)(H,80,90)(H,81,91)(H,94,95)(H,96,97)(H,101,102)/t39-,40-,47?,48?/m0/s1. The van der Waals surface area contributed by atoms with Crippen molar-refractivity contribution in [2.24, 2.45) is 0 Å². The summed E-state index contributed by atoms with van der Waals surface area (Å²) in [5.41, 5.74) is 0.610. The number of alkyl halides is 4. The van der Waals surface area contributed by atoms with Crippen molar-refractivity contribution in [1.82, 2.24) is 66.4 Å². The predicted octanol–water partition coefficient (Wildman–Crippen LogP) is 0.226. The molecule has 3 fully saturated rings. The topological polar surface area (TPSA) is 468 Å². The molecule has 5 heterocycles. The number of nitrogens with zero attached hydrogens (tertiary/aromatic N) is 9. The number of benzene rings is 2. The molecular formula is C65H77F4N17O16. The van der Waals surface area contributed by atoms with Gasteiger partial charge in [0, 0.05) is 127 Å². The van der Waals surface area contributed by atoms with Gasteiger partial charge in [-0.15, -0.1) is 0 Å². The summed E-state index contributed by atoms with van der Waals surface area (Å²) in [7, 11) is 0. The number of amides is 10. The number of aromatic nitrogens is 2. The molecule has 2 aromatic carbocycles. The fourth-order valence-electron chi connectivity index (χ4n) is 11.7. The monoisotopic (exact) mass is 1430 g/mol. The van der Waals surface area contributed by atoms with Gasteiger partial charge >= 0.3 is 17.9 Å². The second kappa shape index (κ2) is 36.9. The normalized spacial score (nSPS) is 17.4. The molecule has 2 unspecified atom stereocenters. The maximum atomic E-state index is 14.0. The quantitative estimate of drug-likeness (QED) is 0.0225. The van der Waals surface area contributed by atoms with E-state index in [2.05, 4.69) is 52.5 Å². The number of para-hydroxylation sites is 2. The summed E-state index contributed by atoms with van der Waals surface area (Å²) in [4.78, 5) is 182. The van der Waals surface area contributed by atoms with Crippen LogP contribution in [0.1, 0.15) is 91.3 Å². The van der Waals surface area contributed by atoms with E-state index in [-0.39, 0.29) is 161 Å². The van der Waals surface area contributed by atoms with Gasteiger partial charge in [0.15, 0.2) is 0 Å². The number of nitrogens with one attached hydrogen (secondary N) is 8. The molecule has 3 aliphatic rings. The Kier molecular flexibility index (Phi) is 28.3. The van der Waals surface area contributed by atoms with Gasteiger partial charge < -0.3 is 67.7 Å². The molecule has 0 aliphatic carbocycles. The first-order chi connectivity index (χ1) is 48.5. The summed E-state index contributed by atoms with van der Waals surface area (Å²) >= 11 is 0. The number of likely N-dealkylation sites (tertiary alicyclic amines) is 2. The zero-order valence-corrected chi connectivity index (χ0v) is 55.2. The lowest BCUT2D eigenvalue weighted by atomic mass is 10.1. The van der Waals surface area contributed by atoms with Gasteiger partial charge in [0.2, 0.25) is 47.3 Å². The Morgan fingerprint density at radius 1 is 0.529 bits per heavy atom. The first-order valence-electron chi connectivity index (χ1n) is 32.5. The highest BCUT2D eigenvalue weighted by molar-refractivity contribution is 6.12. The predicted molar refractivity (Wildman–Crippen MR) is 350 cm³/mol. The molecule has 0 bridgehead atoms. The van der Waals surface area contributed by atoms with Gasteiger partial charge in [0.05, 0.1) is 84.9 Å². The third kappa shape index (κ3) is 23.3. The Bertz CT molecular complexity index is 3880. The summed E-state index contributed by atoms with van der Waals surface area (Å²) in [6, 6.07) is 9.79. The molecule has 37 heteroatoms. The van der Waals surface area contributed by atoms with E-state index in [0.717, 1.165) is 0 Å². The average molecular weight is 1430 g/mol. The number of rotatable bonds is 33. The summed E-state index contributed by atoms with van der Waals surface area (Å²) in [5, 5.41) is 68.7. The van der Waals surface area contributed by atoms with Gasteiger partial charge in [-0.3, -0.25) is 87.0 Å². The van der Waals surface area contributed by atoms with Crippen molar-refractivity contribution in [2.75, 3.05) is 109 Å². The molecule has 0 radical (unpaired) electrons. The number of unbranched alkanes of at least 4 members (excludes halogenated alkanes) is 1. The average Bonchev–Trinajstić information content (AvgIpc) is 1.07. The number of nitriles is 2. The van der Waals surface area contributed by atoms with E-state index in [4.69, 9.17) is 0 Å². The third-order valence-electron chi connectivity index (χ3n) is 16.9. The Hall–Kier alpha value is -11.0. The molecule has 10 amide bonds. The second-order valence-electron chi connectivity index (χ2n) is 24.4. The lowest BCUT2D eigenvalue weighted by Gasteiger charge is -2.30. The molecule has 0 saturated carbocycles. The van der Waals surface area contributed by atoms with Crippen LogP contribution in [0, 0.1) is 22.7 Å². The van der Waals surface area contributed by atoms with Crippen LogP contribution in [0.4, 0.5) is 28.9 Å². The molecule has 11 N–H and O–H groups in total. The number of carbonyl (C=O) groups is 13. The molecule has 3 aliphatic heterocycles. The molecular weight excluding hydrogens is 1350 g/mol. The highest BCUT2D eigenvalue weighted by atomic mass is 19.3. The largest absolute Gasteiger partial charge is 0.480 e. The smallest absolute Gasteiger partial charge is 0.320 e. The van der Waals surface area contributed by atoms with Crippen molar-refractivity contribution < 1.29 is 95.2 Å². The van der Waals surface area contributed by atoms with Gasteiger partial charge in [-0.25, -0.2) is 17.6 Å². The second-order valence-corrected chi connectivity index (χ2v) is 24.4. The Morgan fingerprint density at radius 3 is 1.44 bits per heavy atom. The van der Waals surface area contributed by atoms with E-state index < -0.39 is 165 Å².